The maximum atomic E-state index is 5.96. The molecule has 0 unspecified atom stereocenters. The van der Waals surface area contributed by atoms with Crippen molar-refractivity contribution < 1.29 is 4.74 Å². The van der Waals surface area contributed by atoms with Crippen LogP contribution in [-0.4, -0.2) is 12.1 Å². The quantitative estimate of drug-likeness (QED) is 0.905. The Labute approximate surface area is 109 Å². The van der Waals surface area contributed by atoms with E-state index in [-0.39, 0.29) is 0 Å². The molecule has 0 aliphatic carbocycles. The van der Waals surface area contributed by atoms with Crippen molar-refractivity contribution in [2.45, 2.75) is 0 Å². The third-order valence-electron chi connectivity index (χ3n) is 2.35. The van der Waals surface area contributed by atoms with Gasteiger partial charge in [0.1, 0.15) is 11.6 Å². The molecule has 0 aliphatic rings. The van der Waals surface area contributed by atoms with Crippen LogP contribution in [0.1, 0.15) is 0 Å². The Bertz CT molecular complexity index is 558. The van der Waals surface area contributed by atoms with E-state index in [9.17, 15) is 0 Å². The van der Waals surface area contributed by atoms with E-state index in [0.29, 0.717) is 21.6 Å². The Morgan fingerprint density at radius 1 is 1.24 bits per heavy atom. The van der Waals surface area contributed by atoms with Crippen molar-refractivity contribution >= 4 is 29.0 Å². The average molecular weight is 269 g/mol. The van der Waals surface area contributed by atoms with E-state index in [1.165, 1.54) is 6.20 Å². The first kappa shape index (κ1) is 12.0. The predicted molar refractivity (Wildman–Crippen MR) is 70.7 cm³/mol. The number of nitrogens with two attached hydrogens (primary N) is 1. The number of hydrogen-bond acceptors (Lipinski definition) is 3. The Morgan fingerprint density at radius 3 is 2.71 bits per heavy atom. The zero-order chi connectivity index (χ0) is 12.4. The largest absolute Gasteiger partial charge is 0.495 e. The number of ether oxygens (including phenoxy) is 1. The zero-order valence-corrected chi connectivity index (χ0v) is 10.6. The van der Waals surface area contributed by atoms with Crippen LogP contribution in [0.4, 0.5) is 5.82 Å². The number of hydrogen-bond donors (Lipinski definition) is 1. The summed E-state index contributed by atoms with van der Waals surface area (Å²) >= 11 is 11.9. The third-order valence-corrected chi connectivity index (χ3v) is 2.87. The summed E-state index contributed by atoms with van der Waals surface area (Å²) in [4.78, 5) is 4.00. The van der Waals surface area contributed by atoms with Crippen molar-refractivity contribution in [2.75, 3.05) is 12.8 Å². The fourth-order valence-electron chi connectivity index (χ4n) is 1.51. The van der Waals surface area contributed by atoms with Crippen LogP contribution in [-0.2, 0) is 0 Å². The summed E-state index contributed by atoms with van der Waals surface area (Å²) in [5, 5.41) is 1.08. The monoisotopic (exact) mass is 268 g/mol. The molecule has 1 heterocycles. The fourth-order valence-corrected chi connectivity index (χ4v) is 1.86. The molecular weight excluding hydrogens is 259 g/mol. The summed E-state index contributed by atoms with van der Waals surface area (Å²) in [5.74, 6) is 1.00. The first-order valence-electron chi connectivity index (χ1n) is 4.86. The lowest BCUT2D eigenvalue weighted by molar-refractivity contribution is 0.415. The van der Waals surface area contributed by atoms with E-state index < -0.39 is 0 Å². The highest BCUT2D eigenvalue weighted by atomic mass is 35.5. The van der Waals surface area contributed by atoms with Crippen molar-refractivity contribution in [1.82, 2.24) is 4.98 Å². The molecule has 0 bridgehead atoms. The summed E-state index contributed by atoms with van der Waals surface area (Å²) < 4.78 is 5.15. The molecule has 0 spiro atoms. The highest BCUT2D eigenvalue weighted by Crippen LogP contribution is 2.33. The van der Waals surface area contributed by atoms with Crippen molar-refractivity contribution in [3.05, 3.63) is 40.5 Å². The Balaban J connectivity index is 2.56. The summed E-state index contributed by atoms with van der Waals surface area (Å²) in [6, 6.07) is 7.14. The number of nitrogens with zero attached hydrogens (tertiary/aromatic N) is 1. The highest BCUT2D eigenvalue weighted by molar-refractivity contribution is 6.32. The number of aromatic nitrogens is 1. The van der Waals surface area contributed by atoms with E-state index in [1.54, 1.807) is 25.3 Å². The van der Waals surface area contributed by atoms with Gasteiger partial charge in [-0.1, -0.05) is 29.3 Å². The smallest absolute Gasteiger partial charge is 0.138 e. The predicted octanol–water partition coefficient (Wildman–Crippen LogP) is 3.65. The molecule has 1 aromatic heterocycles. The SMILES string of the molecule is COc1cc(-c2cc(Cl)cnc2N)ccc1Cl. The number of anilines is 1. The van der Waals surface area contributed by atoms with Crippen LogP contribution in [0.15, 0.2) is 30.5 Å². The first-order chi connectivity index (χ1) is 8.11. The lowest BCUT2D eigenvalue weighted by atomic mass is 10.1. The van der Waals surface area contributed by atoms with Gasteiger partial charge in [-0.2, -0.15) is 0 Å². The molecule has 0 saturated heterocycles. The van der Waals surface area contributed by atoms with Crippen molar-refractivity contribution in [3.63, 3.8) is 0 Å². The van der Waals surface area contributed by atoms with Gasteiger partial charge in [-0.15, -0.1) is 0 Å². The molecule has 0 radical (unpaired) electrons. The van der Waals surface area contributed by atoms with Gasteiger partial charge in [0.15, 0.2) is 0 Å². The molecule has 2 aromatic rings. The van der Waals surface area contributed by atoms with E-state index >= 15 is 0 Å². The van der Waals surface area contributed by atoms with Gasteiger partial charge in [-0.25, -0.2) is 4.98 Å². The minimum Gasteiger partial charge on any atom is -0.495 e. The van der Waals surface area contributed by atoms with E-state index in [2.05, 4.69) is 4.98 Å². The third kappa shape index (κ3) is 2.46. The molecular formula is C12H10Cl2N2O. The van der Waals surface area contributed by atoms with Gasteiger partial charge < -0.3 is 10.5 Å². The second-order valence-electron chi connectivity index (χ2n) is 3.44. The molecule has 5 heteroatoms. The van der Waals surface area contributed by atoms with Crippen molar-refractivity contribution in [1.29, 1.82) is 0 Å². The normalized spacial score (nSPS) is 10.3. The van der Waals surface area contributed by atoms with Crippen molar-refractivity contribution in [2.24, 2.45) is 0 Å². The second kappa shape index (κ2) is 4.82. The van der Waals surface area contributed by atoms with Gasteiger partial charge in [-0.05, 0) is 23.8 Å². The Morgan fingerprint density at radius 2 is 2.00 bits per heavy atom. The number of pyridine rings is 1. The molecule has 0 aliphatic heterocycles. The topological polar surface area (TPSA) is 48.1 Å². The average Bonchev–Trinajstić information content (AvgIpc) is 2.33. The molecule has 2 N–H and O–H groups in total. The number of benzene rings is 1. The maximum absolute atomic E-state index is 5.96. The molecule has 1 aromatic carbocycles. The van der Waals surface area contributed by atoms with Crippen LogP contribution < -0.4 is 10.5 Å². The number of methoxy groups -OCH3 is 1. The summed E-state index contributed by atoms with van der Waals surface area (Å²) in [6.07, 6.45) is 1.51. The van der Waals surface area contributed by atoms with Crippen LogP contribution in [0, 0.1) is 0 Å². The minimum absolute atomic E-state index is 0.416. The Kier molecular flexibility index (Phi) is 3.41. The van der Waals surface area contributed by atoms with Gasteiger partial charge in [-0.3, -0.25) is 0 Å². The number of rotatable bonds is 2. The number of nitrogen functional groups attached to an aromatic ring is 1. The molecule has 2 rings (SSSR count). The van der Waals surface area contributed by atoms with E-state index in [4.69, 9.17) is 33.7 Å². The highest BCUT2D eigenvalue weighted by Gasteiger charge is 2.08. The standard InChI is InChI=1S/C12H10Cl2N2O/c1-17-11-4-7(2-3-10(11)14)9-5-8(13)6-16-12(9)15/h2-6H,1H3,(H2,15,16). The van der Waals surface area contributed by atoms with Crippen LogP contribution in [0.3, 0.4) is 0 Å². The van der Waals surface area contributed by atoms with Crippen LogP contribution in [0.2, 0.25) is 10.0 Å². The molecule has 0 fully saturated rings. The minimum atomic E-state index is 0.416. The van der Waals surface area contributed by atoms with Gasteiger partial charge in [0.2, 0.25) is 0 Å². The van der Waals surface area contributed by atoms with Crippen LogP contribution in [0.25, 0.3) is 11.1 Å². The molecule has 17 heavy (non-hydrogen) atoms. The van der Waals surface area contributed by atoms with Gasteiger partial charge in [0.05, 0.1) is 17.2 Å². The molecule has 88 valence electrons. The summed E-state index contributed by atoms with van der Waals surface area (Å²) in [6.45, 7) is 0. The van der Waals surface area contributed by atoms with E-state index in [1.807, 2.05) is 6.07 Å². The molecule has 0 saturated carbocycles. The lowest BCUT2D eigenvalue weighted by Crippen LogP contribution is -1.94. The number of halogens is 2. The molecule has 0 atom stereocenters. The van der Waals surface area contributed by atoms with Crippen molar-refractivity contribution in [3.8, 4) is 16.9 Å². The molecule has 0 amide bonds. The summed E-state index contributed by atoms with van der Waals surface area (Å²) in [5.41, 5.74) is 7.42. The maximum Gasteiger partial charge on any atom is 0.138 e. The Hall–Kier alpha value is -1.45. The van der Waals surface area contributed by atoms with Gasteiger partial charge in [0, 0.05) is 11.8 Å². The van der Waals surface area contributed by atoms with Crippen LogP contribution >= 0.6 is 23.2 Å². The second-order valence-corrected chi connectivity index (χ2v) is 4.28. The van der Waals surface area contributed by atoms with Crippen LogP contribution in [0.5, 0.6) is 5.75 Å². The van der Waals surface area contributed by atoms with Gasteiger partial charge >= 0.3 is 0 Å². The molecule has 3 nitrogen and oxygen atoms in total. The summed E-state index contributed by atoms with van der Waals surface area (Å²) in [7, 11) is 1.56. The van der Waals surface area contributed by atoms with E-state index in [0.717, 1.165) is 11.1 Å². The fraction of sp³-hybridized carbons (Fsp3) is 0.0833. The zero-order valence-electron chi connectivity index (χ0n) is 9.08. The lowest BCUT2D eigenvalue weighted by Gasteiger charge is -2.08. The first-order valence-corrected chi connectivity index (χ1v) is 5.62. The van der Waals surface area contributed by atoms with Gasteiger partial charge in [0.25, 0.3) is 0 Å².